The molecule has 4 rings (SSSR count). The van der Waals surface area contributed by atoms with E-state index < -0.39 is 28.8 Å². The van der Waals surface area contributed by atoms with Crippen LogP contribution in [-0.2, 0) is 11.2 Å². The van der Waals surface area contributed by atoms with Crippen LogP contribution in [0.15, 0.2) is 17.1 Å². The smallest absolute Gasteiger partial charge is 0.341 e. The number of nitrogens with zero attached hydrogens (tertiary/aromatic N) is 3. The van der Waals surface area contributed by atoms with Gasteiger partial charge in [-0.15, -0.1) is 0 Å². The molecule has 2 aliphatic heterocycles. The molecular weight excluding hydrogens is 429 g/mol. The summed E-state index contributed by atoms with van der Waals surface area (Å²) in [5.41, 5.74) is 6.50. The summed E-state index contributed by atoms with van der Waals surface area (Å²) >= 11 is 0. The first-order valence-corrected chi connectivity index (χ1v) is 11.2. The number of carboxylic acid groups (broad SMARTS) is 1. The molecule has 3 atom stereocenters. The minimum atomic E-state index is -1.35. The van der Waals surface area contributed by atoms with E-state index in [4.69, 9.17) is 5.73 Å². The maximum atomic E-state index is 15.5. The average molecular weight is 460 g/mol. The molecular formula is C23H30FN5O4. The normalized spacial score (nSPS) is 21.1. The van der Waals surface area contributed by atoms with Crippen LogP contribution in [0.4, 0.5) is 10.1 Å². The highest BCUT2D eigenvalue weighted by Crippen LogP contribution is 2.36. The Bertz CT molecular complexity index is 1190. The van der Waals surface area contributed by atoms with Gasteiger partial charge in [-0.25, -0.2) is 9.18 Å². The first-order valence-electron chi connectivity index (χ1n) is 11.2. The third kappa shape index (κ3) is 3.82. The molecule has 1 aromatic carbocycles. The topological polar surface area (TPSA) is 121 Å². The van der Waals surface area contributed by atoms with Gasteiger partial charge in [0, 0.05) is 38.4 Å². The zero-order chi connectivity index (χ0) is 24.2. The Morgan fingerprint density at radius 3 is 2.64 bits per heavy atom. The molecule has 1 amide bonds. The van der Waals surface area contributed by atoms with Gasteiger partial charge in [0.15, 0.2) is 0 Å². The quantitative estimate of drug-likeness (QED) is 0.607. The summed E-state index contributed by atoms with van der Waals surface area (Å²) < 4.78 is 17.1. The Morgan fingerprint density at radius 2 is 2.00 bits per heavy atom. The number of aromatic nitrogens is 1. The number of carbonyl (C=O) groups is 2. The number of halogens is 1. The van der Waals surface area contributed by atoms with Crippen LogP contribution in [0.1, 0.15) is 36.7 Å². The summed E-state index contributed by atoms with van der Waals surface area (Å²) in [6.07, 6.45) is 1.81. The van der Waals surface area contributed by atoms with Crippen molar-refractivity contribution >= 4 is 28.5 Å². The minimum Gasteiger partial charge on any atom is -0.477 e. The van der Waals surface area contributed by atoms with Crippen molar-refractivity contribution in [1.29, 1.82) is 0 Å². The van der Waals surface area contributed by atoms with E-state index in [0.717, 1.165) is 6.07 Å². The van der Waals surface area contributed by atoms with Crippen LogP contribution < -0.4 is 26.4 Å². The fraction of sp³-hybridized carbons (Fsp3) is 0.522. The van der Waals surface area contributed by atoms with Crippen molar-refractivity contribution < 1.29 is 19.1 Å². The molecule has 2 aliphatic rings. The number of hydrogen-bond acceptors (Lipinski definition) is 6. The molecule has 1 saturated heterocycles. The molecule has 0 spiro atoms. The molecule has 4 N–H and O–H groups in total. The van der Waals surface area contributed by atoms with Crippen molar-refractivity contribution in [2.75, 3.05) is 36.6 Å². The van der Waals surface area contributed by atoms with E-state index in [1.54, 1.807) is 11.7 Å². The highest BCUT2D eigenvalue weighted by atomic mass is 19.1. The number of aromatic carboxylic acids is 1. The number of nitrogens with one attached hydrogen (secondary N) is 1. The van der Waals surface area contributed by atoms with Crippen molar-refractivity contribution in [3.8, 4) is 0 Å². The summed E-state index contributed by atoms with van der Waals surface area (Å²) in [7, 11) is 1.79. The molecule has 2 aromatic rings. The van der Waals surface area contributed by atoms with Gasteiger partial charge in [0.1, 0.15) is 11.4 Å². The molecule has 33 heavy (non-hydrogen) atoms. The van der Waals surface area contributed by atoms with Crippen molar-refractivity contribution in [3.63, 3.8) is 0 Å². The predicted molar refractivity (Wildman–Crippen MR) is 124 cm³/mol. The average Bonchev–Trinajstić information content (AvgIpc) is 3.10. The Hall–Kier alpha value is -3.14. The third-order valence-corrected chi connectivity index (χ3v) is 6.85. The second-order valence-electron chi connectivity index (χ2n) is 9.50. The number of nitrogens with two attached hydrogens (primary N) is 1. The Balaban J connectivity index is 1.76. The molecule has 0 radical (unpaired) electrons. The summed E-state index contributed by atoms with van der Waals surface area (Å²) in [5.74, 6) is -2.06. The SMILES string of the molecule is CC(C)C(N)C(=O)N[C@@H]1CN(c2c(F)cc3c(=O)c(C(=O)O)cn4c3c2CCN4C)C[C@@H]1C. The van der Waals surface area contributed by atoms with Gasteiger partial charge in [-0.2, -0.15) is 0 Å². The van der Waals surface area contributed by atoms with Gasteiger partial charge in [0.25, 0.3) is 0 Å². The number of hydrogen-bond donors (Lipinski definition) is 3. The second kappa shape index (κ2) is 8.33. The fourth-order valence-electron chi connectivity index (χ4n) is 4.81. The number of pyridine rings is 1. The maximum Gasteiger partial charge on any atom is 0.341 e. The largest absolute Gasteiger partial charge is 0.477 e. The monoisotopic (exact) mass is 459 g/mol. The maximum absolute atomic E-state index is 15.5. The molecule has 0 saturated carbocycles. The number of amides is 1. The van der Waals surface area contributed by atoms with Gasteiger partial charge < -0.3 is 26.1 Å². The first kappa shape index (κ1) is 23.0. The molecule has 9 nitrogen and oxygen atoms in total. The highest BCUT2D eigenvalue weighted by Gasteiger charge is 2.36. The van der Waals surface area contributed by atoms with E-state index in [2.05, 4.69) is 5.32 Å². The van der Waals surface area contributed by atoms with Gasteiger partial charge in [0.2, 0.25) is 11.3 Å². The lowest BCUT2D eigenvalue weighted by Gasteiger charge is -2.33. The lowest BCUT2D eigenvalue weighted by Crippen LogP contribution is -2.50. The van der Waals surface area contributed by atoms with Crippen LogP contribution in [0.25, 0.3) is 10.9 Å². The summed E-state index contributed by atoms with van der Waals surface area (Å²) in [6.45, 7) is 7.25. The van der Waals surface area contributed by atoms with Crippen molar-refractivity contribution in [1.82, 2.24) is 9.99 Å². The van der Waals surface area contributed by atoms with Gasteiger partial charge in [0.05, 0.1) is 28.7 Å². The Kier molecular flexibility index (Phi) is 5.81. The molecule has 3 heterocycles. The number of anilines is 1. The van der Waals surface area contributed by atoms with Crippen LogP contribution in [-0.4, -0.2) is 60.4 Å². The molecule has 1 aromatic heterocycles. The van der Waals surface area contributed by atoms with E-state index in [9.17, 15) is 19.5 Å². The molecule has 0 bridgehead atoms. The minimum absolute atomic E-state index is 0.00428. The van der Waals surface area contributed by atoms with Crippen LogP contribution in [0, 0.1) is 17.7 Å². The molecule has 1 unspecified atom stereocenters. The van der Waals surface area contributed by atoms with Gasteiger partial charge in [-0.1, -0.05) is 20.8 Å². The second-order valence-corrected chi connectivity index (χ2v) is 9.50. The lowest BCUT2D eigenvalue weighted by molar-refractivity contribution is -0.124. The molecule has 0 aliphatic carbocycles. The molecule has 178 valence electrons. The number of benzene rings is 1. The van der Waals surface area contributed by atoms with E-state index in [-0.39, 0.29) is 29.2 Å². The van der Waals surface area contributed by atoms with E-state index >= 15 is 4.39 Å². The molecule has 1 fully saturated rings. The van der Waals surface area contributed by atoms with Crippen molar-refractivity contribution in [2.45, 2.75) is 39.3 Å². The lowest BCUT2D eigenvalue weighted by atomic mass is 9.99. The van der Waals surface area contributed by atoms with E-state index in [1.807, 2.05) is 30.7 Å². The van der Waals surface area contributed by atoms with Crippen molar-refractivity contribution in [2.24, 2.45) is 17.6 Å². The number of carboxylic acids is 1. The van der Waals surface area contributed by atoms with Gasteiger partial charge >= 0.3 is 5.97 Å². The number of rotatable bonds is 5. The summed E-state index contributed by atoms with van der Waals surface area (Å²) in [5, 5.41) is 14.3. The van der Waals surface area contributed by atoms with E-state index in [1.165, 1.54) is 6.20 Å². The van der Waals surface area contributed by atoms with Gasteiger partial charge in [-0.3, -0.25) is 14.3 Å². The van der Waals surface area contributed by atoms with Crippen LogP contribution in [0.3, 0.4) is 0 Å². The third-order valence-electron chi connectivity index (χ3n) is 6.85. The number of likely N-dealkylation sites (N-methyl/N-ethyl adjacent to an activating group) is 1. The Labute approximate surface area is 190 Å². The van der Waals surface area contributed by atoms with Gasteiger partial charge in [-0.05, 0) is 24.3 Å². The summed E-state index contributed by atoms with van der Waals surface area (Å²) in [6, 6.07) is 0.342. The Morgan fingerprint density at radius 1 is 1.30 bits per heavy atom. The van der Waals surface area contributed by atoms with Crippen LogP contribution >= 0.6 is 0 Å². The zero-order valence-corrected chi connectivity index (χ0v) is 19.3. The van der Waals surface area contributed by atoms with Crippen LogP contribution in [0.5, 0.6) is 0 Å². The first-order chi connectivity index (χ1) is 15.5. The summed E-state index contributed by atoms with van der Waals surface area (Å²) in [4.78, 5) is 38.8. The van der Waals surface area contributed by atoms with Crippen molar-refractivity contribution in [3.05, 3.63) is 39.4 Å². The number of carbonyl (C=O) groups excluding carboxylic acids is 1. The predicted octanol–water partition coefficient (Wildman–Crippen LogP) is 0.887. The fourth-order valence-corrected chi connectivity index (χ4v) is 4.81. The standard InChI is InChI=1S/C23H30FN5O4/c1-11(2)18(25)22(31)26-17-10-28(8-12(17)3)20-13-5-6-27(4)29-9-15(23(32)33)21(30)14(19(13)29)7-16(20)24/h7,9,11-12,17-18H,5-6,8,10,25H2,1-4H3,(H,26,31)(H,32,33)/t12-,17+,18?/m0/s1. The van der Waals surface area contributed by atoms with Crippen LogP contribution in [0.2, 0.25) is 0 Å². The zero-order valence-electron chi connectivity index (χ0n) is 19.3. The molecule has 10 heteroatoms. The van der Waals surface area contributed by atoms with E-state index in [0.29, 0.717) is 42.8 Å². The highest BCUT2D eigenvalue weighted by molar-refractivity contribution is 5.95.